The van der Waals surface area contributed by atoms with E-state index in [0.29, 0.717) is 0 Å². The van der Waals surface area contributed by atoms with E-state index in [9.17, 15) is 19.5 Å². The zero-order valence-electron chi connectivity index (χ0n) is 17.2. The molecule has 0 spiro atoms. The highest BCUT2D eigenvalue weighted by molar-refractivity contribution is 5.67. The summed E-state index contributed by atoms with van der Waals surface area (Å²) in [6.45, 7) is 2.68. The van der Waals surface area contributed by atoms with Crippen LogP contribution in [0.2, 0.25) is 0 Å². The van der Waals surface area contributed by atoms with Gasteiger partial charge >= 0.3 is 11.9 Å². The van der Waals surface area contributed by atoms with Gasteiger partial charge in [-0.2, -0.15) is 0 Å². The van der Waals surface area contributed by atoms with Crippen molar-refractivity contribution in [3.63, 3.8) is 0 Å². The summed E-state index contributed by atoms with van der Waals surface area (Å²) in [6.07, 6.45) is 13.7. The van der Waals surface area contributed by atoms with Crippen LogP contribution in [0.3, 0.4) is 0 Å². The zero-order valence-corrected chi connectivity index (χ0v) is 17.2. The summed E-state index contributed by atoms with van der Waals surface area (Å²) in [5, 5.41) is 28.9. The predicted octanol–water partition coefficient (Wildman–Crippen LogP) is 2.94. The van der Waals surface area contributed by atoms with Gasteiger partial charge in [0.1, 0.15) is 0 Å². The molecule has 0 unspecified atom stereocenters. The van der Waals surface area contributed by atoms with Gasteiger partial charge in [-0.15, -0.1) is 0 Å². The van der Waals surface area contributed by atoms with Crippen LogP contribution in [0.15, 0.2) is 12.3 Å². The summed E-state index contributed by atoms with van der Waals surface area (Å²) in [6, 6.07) is 0. The second-order valence-electron chi connectivity index (χ2n) is 7.45. The minimum absolute atomic E-state index is 0.0452. The molecule has 7 nitrogen and oxygen atoms in total. The normalized spacial score (nSPS) is 11.8. The number of hydrogen-bond acceptors (Lipinski definition) is 4. The molecule has 0 aromatic carbocycles. The van der Waals surface area contributed by atoms with Gasteiger partial charge in [-0.25, -0.2) is 0 Å². The van der Waals surface area contributed by atoms with Crippen LogP contribution in [0.25, 0.3) is 0 Å². The highest BCUT2D eigenvalue weighted by Crippen LogP contribution is 2.15. The van der Waals surface area contributed by atoms with Gasteiger partial charge in [0.25, 0.3) is 0 Å². The maximum absolute atomic E-state index is 11.0. The Labute approximate surface area is 168 Å². The Hall–Kier alpha value is -1.89. The smallest absolute Gasteiger partial charge is 0.309 e. The fraction of sp³-hybridized carbons (Fsp3) is 0.762. The standard InChI is InChI=1S/C21H37NO6/c1-2-3-4-5-6-7-8-9-10-11-15-22(16-12-19(23)24,17-13-20(25)26)18-14-21(27)28/h11,15H,2-10,12-14,16-18H2,1H3,(H2-,23,24,25,26,27,28)/b15-11+. The topological polar surface area (TPSA) is 115 Å². The molecule has 0 heterocycles. The Morgan fingerprint density at radius 3 is 1.71 bits per heavy atom. The molecule has 2 N–H and O–H groups in total. The average Bonchev–Trinajstić information content (AvgIpc) is 2.63. The first-order valence-corrected chi connectivity index (χ1v) is 10.5. The quantitative estimate of drug-likeness (QED) is 0.255. The zero-order chi connectivity index (χ0) is 21.3. The van der Waals surface area contributed by atoms with Crippen molar-refractivity contribution in [2.45, 2.75) is 84.0 Å². The van der Waals surface area contributed by atoms with Gasteiger partial charge in [0.05, 0.1) is 38.7 Å². The van der Waals surface area contributed by atoms with Gasteiger partial charge in [0, 0.05) is 12.4 Å². The van der Waals surface area contributed by atoms with Gasteiger partial charge < -0.3 is 20.1 Å². The summed E-state index contributed by atoms with van der Waals surface area (Å²) in [5.74, 6) is -3.19. The summed E-state index contributed by atoms with van der Waals surface area (Å²) in [4.78, 5) is 32.9. The van der Waals surface area contributed by atoms with E-state index >= 15 is 0 Å². The molecule has 0 aromatic heterocycles. The van der Waals surface area contributed by atoms with Crippen LogP contribution in [0.4, 0.5) is 0 Å². The van der Waals surface area contributed by atoms with Crippen LogP contribution in [-0.2, 0) is 14.4 Å². The number of aliphatic carboxylic acids is 3. The van der Waals surface area contributed by atoms with Gasteiger partial charge in [0.15, 0.2) is 0 Å². The first-order chi connectivity index (χ1) is 13.3. The van der Waals surface area contributed by atoms with Crippen LogP contribution in [-0.4, -0.2) is 52.2 Å². The molecule has 0 bridgehead atoms. The van der Waals surface area contributed by atoms with Crippen LogP contribution < -0.4 is 5.11 Å². The van der Waals surface area contributed by atoms with E-state index in [1.54, 1.807) is 6.20 Å². The van der Waals surface area contributed by atoms with E-state index in [-0.39, 0.29) is 43.4 Å². The minimum atomic E-state index is -1.22. The highest BCUT2D eigenvalue weighted by atomic mass is 16.4. The molecule has 0 saturated carbocycles. The SMILES string of the molecule is CCCCCCCCCC/C=C/[N+](CCC(=O)[O-])(CCC(=O)O)CCC(=O)O. The van der Waals surface area contributed by atoms with Crippen molar-refractivity contribution in [3.8, 4) is 0 Å². The summed E-state index contributed by atoms with van der Waals surface area (Å²) in [7, 11) is 0. The van der Waals surface area contributed by atoms with Crippen molar-refractivity contribution < 1.29 is 34.2 Å². The summed E-state index contributed by atoms with van der Waals surface area (Å²) in [5.41, 5.74) is 0. The first kappa shape index (κ1) is 26.1. The first-order valence-electron chi connectivity index (χ1n) is 10.5. The van der Waals surface area contributed by atoms with Crippen molar-refractivity contribution in [1.29, 1.82) is 0 Å². The number of carbonyl (C=O) groups is 3. The third-order valence-electron chi connectivity index (χ3n) is 4.95. The molecule has 0 aliphatic heterocycles. The van der Waals surface area contributed by atoms with Crippen molar-refractivity contribution in [1.82, 2.24) is 0 Å². The number of quaternary nitrogens is 1. The van der Waals surface area contributed by atoms with E-state index < -0.39 is 17.9 Å². The molecule has 0 saturated heterocycles. The Morgan fingerprint density at radius 1 is 0.786 bits per heavy atom. The fourth-order valence-corrected chi connectivity index (χ4v) is 3.20. The monoisotopic (exact) mass is 399 g/mol. The minimum Gasteiger partial charge on any atom is -0.550 e. The number of unbranched alkanes of at least 4 members (excludes halogenated alkanes) is 8. The Bertz CT molecular complexity index is 444. The molecular formula is C21H37NO6. The van der Waals surface area contributed by atoms with Crippen LogP contribution in [0, 0.1) is 0 Å². The van der Waals surface area contributed by atoms with E-state index in [2.05, 4.69) is 6.92 Å². The lowest BCUT2D eigenvalue weighted by molar-refractivity contribution is -0.878. The third kappa shape index (κ3) is 15.2. The molecule has 7 heteroatoms. The molecule has 0 aliphatic carbocycles. The molecule has 28 heavy (non-hydrogen) atoms. The number of carboxylic acids is 3. The molecule has 0 aliphatic rings. The lowest BCUT2D eigenvalue weighted by Crippen LogP contribution is -2.48. The lowest BCUT2D eigenvalue weighted by atomic mass is 10.1. The Balaban J connectivity index is 4.63. The van der Waals surface area contributed by atoms with Crippen molar-refractivity contribution in [2.75, 3.05) is 19.6 Å². The Morgan fingerprint density at radius 2 is 1.25 bits per heavy atom. The number of carboxylic acid groups (broad SMARTS) is 3. The summed E-state index contributed by atoms with van der Waals surface area (Å²) >= 11 is 0. The van der Waals surface area contributed by atoms with Crippen molar-refractivity contribution >= 4 is 17.9 Å². The number of rotatable bonds is 19. The maximum atomic E-state index is 11.0. The van der Waals surface area contributed by atoms with Gasteiger partial charge in [-0.05, 0) is 18.9 Å². The average molecular weight is 400 g/mol. The molecule has 162 valence electrons. The molecule has 0 fully saturated rings. The number of carbonyl (C=O) groups excluding carboxylic acids is 1. The highest BCUT2D eigenvalue weighted by Gasteiger charge is 2.26. The molecule has 0 rings (SSSR count). The number of allylic oxidation sites excluding steroid dienone is 1. The maximum Gasteiger partial charge on any atom is 0.309 e. The molecular weight excluding hydrogens is 362 g/mol. The van der Waals surface area contributed by atoms with Crippen molar-refractivity contribution in [2.24, 2.45) is 0 Å². The van der Waals surface area contributed by atoms with Crippen LogP contribution in [0.5, 0.6) is 0 Å². The molecule has 0 amide bonds. The van der Waals surface area contributed by atoms with Gasteiger partial charge in [-0.1, -0.05) is 51.9 Å². The van der Waals surface area contributed by atoms with Crippen LogP contribution >= 0.6 is 0 Å². The molecule has 0 atom stereocenters. The van der Waals surface area contributed by atoms with Gasteiger partial charge in [-0.3, -0.25) is 14.1 Å². The Kier molecular flexibility index (Phi) is 15.0. The predicted molar refractivity (Wildman–Crippen MR) is 105 cm³/mol. The van der Waals surface area contributed by atoms with E-state index in [4.69, 9.17) is 10.2 Å². The third-order valence-corrected chi connectivity index (χ3v) is 4.95. The molecule has 0 radical (unpaired) electrons. The van der Waals surface area contributed by atoms with E-state index in [1.807, 2.05) is 6.08 Å². The van der Waals surface area contributed by atoms with Gasteiger partial charge in [0.2, 0.25) is 0 Å². The lowest BCUT2D eigenvalue weighted by Gasteiger charge is -2.34. The molecule has 0 aromatic rings. The summed E-state index contributed by atoms with van der Waals surface area (Å²) < 4.78 is 0.0452. The van der Waals surface area contributed by atoms with E-state index in [1.165, 1.54) is 38.5 Å². The van der Waals surface area contributed by atoms with E-state index in [0.717, 1.165) is 19.3 Å². The number of hydrogen-bond donors (Lipinski definition) is 2. The fourth-order valence-electron chi connectivity index (χ4n) is 3.20. The second kappa shape index (κ2) is 16.1. The number of nitrogens with zero attached hydrogens (tertiary/aromatic N) is 1. The second-order valence-corrected chi connectivity index (χ2v) is 7.45. The van der Waals surface area contributed by atoms with Crippen molar-refractivity contribution in [3.05, 3.63) is 12.3 Å². The van der Waals surface area contributed by atoms with Crippen LogP contribution in [0.1, 0.15) is 84.0 Å². The largest absolute Gasteiger partial charge is 0.550 e.